The van der Waals surface area contributed by atoms with Crippen molar-refractivity contribution in [2.75, 3.05) is 13.2 Å². The summed E-state index contributed by atoms with van der Waals surface area (Å²) in [7, 11) is -4.24. The largest absolute Gasteiger partial charge is 0.543 e. The molecule has 3 rings (SSSR count). The third kappa shape index (κ3) is 8.37. The van der Waals surface area contributed by atoms with Gasteiger partial charge in [0.25, 0.3) is 21.8 Å². The Labute approximate surface area is 233 Å². The lowest BCUT2D eigenvalue weighted by atomic mass is 10.0. The zero-order valence-electron chi connectivity index (χ0n) is 22.4. The number of sulfonamides is 1. The molecule has 1 aromatic heterocycles. The van der Waals surface area contributed by atoms with E-state index in [1.807, 2.05) is 18.6 Å². The Bertz CT molecular complexity index is 1450. The number of nitrogens with zero attached hydrogens (tertiary/aromatic N) is 1. The minimum absolute atomic E-state index is 0.0757. The average Bonchev–Trinajstić information content (AvgIpc) is 2.93. The maximum atomic E-state index is 12.9. The monoisotopic (exact) mass is 566 g/mol. The summed E-state index contributed by atoms with van der Waals surface area (Å²) in [6.07, 6.45) is 4.21. The van der Waals surface area contributed by atoms with Crippen LogP contribution in [0.2, 0.25) is 0 Å². The van der Waals surface area contributed by atoms with Gasteiger partial charge >= 0.3 is 0 Å². The molecule has 212 valence electrons. The number of hydrogen-bond donors (Lipinski definition) is 2. The van der Waals surface area contributed by atoms with E-state index in [4.69, 9.17) is 4.74 Å². The van der Waals surface area contributed by atoms with Crippen molar-refractivity contribution in [3.8, 4) is 5.75 Å². The van der Waals surface area contributed by atoms with Crippen LogP contribution in [0.4, 0.5) is 0 Å². The first-order chi connectivity index (χ1) is 19.1. The molecule has 0 fully saturated rings. The molecule has 11 heteroatoms. The molecule has 2 amide bonds. The number of nitrogens with one attached hydrogen (secondary N) is 2. The van der Waals surface area contributed by atoms with Crippen LogP contribution < -0.4 is 19.9 Å². The number of aromatic nitrogens is 1. The molecule has 2 N–H and O–H groups in total. The fourth-order valence-corrected chi connectivity index (χ4v) is 5.02. The first-order valence-corrected chi connectivity index (χ1v) is 14.5. The summed E-state index contributed by atoms with van der Waals surface area (Å²) in [6, 6.07) is 14.1. The number of carboxylic acid groups (broad SMARTS) is 1. The van der Waals surface area contributed by atoms with E-state index in [1.54, 1.807) is 36.4 Å². The molecule has 0 spiro atoms. The van der Waals surface area contributed by atoms with Crippen LogP contribution in [-0.4, -0.2) is 44.3 Å². The van der Waals surface area contributed by atoms with Crippen molar-refractivity contribution >= 4 is 27.8 Å². The zero-order chi connectivity index (χ0) is 29.1. The van der Waals surface area contributed by atoms with E-state index in [0.717, 1.165) is 19.0 Å². The lowest BCUT2D eigenvalue weighted by Crippen LogP contribution is -2.31. The van der Waals surface area contributed by atoms with Gasteiger partial charge in [0.1, 0.15) is 5.75 Å². The van der Waals surface area contributed by atoms with Gasteiger partial charge in [0.2, 0.25) is 0 Å². The number of aromatic carboxylic acids is 1. The molecule has 1 heterocycles. The van der Waals surface area contributed by atoms with E-state index in [9.17, 15) is 27.9 Å². The molecule has 0 unspecified atom stereocenters. The summed E-state index contributed by atoms with van der Waals surface area (Å²) in [4.78, 5) is 40.3. The Morgan fingerprint density at radius 1 is 0.925 bits per heavy atom. The molecule has 10 nitrogen and oxygen atoms in total. The SMILES string of the molecule is CCCCCc1cc(C(=O)NS(=O)(=O)c2cccc(CCNC(=O)c3ccc(OCC)cc3)c2)cnc1C(=O)[O-]. The van der Waals surface area contributed by atoms with Gasteiger partial charge < -0.3 is 20.0 Å². The Balaban J connectivity index is 1.64. The predicted molar refractivity (Wildman–Crippen MR) is 147 cm³/mol. The van der Waals surface area contributed by atoms with Crippen molar-refractivity contribution in [1.29, 1.82) is 0 Å². The topological polar surface area (TPSA) is 155 Å². The Morgan fingerprint density at radius 2 is 1.68 bits per heavy atom. The predicted octanol–water partition coefficient (Wildman–Crippen LogP) is 2.67. The van der Waals surface area contributed by atoms with E-state index in [-0.39, 0.29) is 28.6 Å². The van der Waals surface area contributed by atoms with Crippen LogP contribution in [0.1, 0.15) is 75.4 Å². The van der Waals surface area contributed by atoms with Crippen molar-refractivity contribution in [1.82, 2.24) is 15.0 Å². The molecule has 0 aliphatic carbocycles. The van der Waals surface area contributed by atoms with Crippen molar-refractivity contribution in [2.24, 2.45) is 0 Å². The highest BCUT2D eigenvalue weighted by atomic mass is 32.2. The molecular weight excluding hydrogens is 534 g/mol. The molecule has 2 aromatic carbocycles. The minimum atomic E-state index is -4.24. The van der Waals surface area contributed by atoms with E-state index in [0.29, 0.717) is 48.3 Å². The summed E-state index contributed by atoms with van der Waals surface area (Å²) < 4.78 is 33.3. The van der Waals surface area contributed by atoms with Gasteiger partial charge in [-0.25, -0.2) is 13.1 Å². The summed E-state index contributed by atoms with van der Waals surface area (Å²) in [5, 5.41) is 14.2. The highest BCUT2D eigenvalue weighted by molar-refractivity contribution is 7.90. The van der Waals surface area contributed by atoms with Crippen molar-refractivity contribution in [3.63, 3.8) is 0 Å². The van der Waals surface area contributed by atoms with Crippen LogP contribution in [0.3, 0.4) is 0 Å². The van der Waals surface area contributed by atoms with E-state index in [2.05, 4.69) is 10.3 Å². The van der Waals surface area contributed by atoms with Gasteiger partial charge in [0, 0.05) is 18.3 Å². The number of amides is 2. The number of ether oxygens (including phenoxy) is 1. The summed E-state index contributed by atoms with van der Waals surface area (Å²) in [5.74, 6) is -1.99. The third-order valence-corrected chi connectivity index (χ3v) is 7.36. The number of carbonyl (C=O) groups excluding carboxylic acids is 3. The molecule has 0 radical (unpaired) electrons. The van der Waals surface area contributed by atoms with Crippen molar-refractivity contribution in [3.05, 3.63) is 88.7 Å². The van der Waals surface area contributed by atoms with E-state index < -0.39 is 21.9 Å². The number of hydrogen-bond acceptors (Lipinski definition) is 8. The minimum Gasteiger partial charge on any atom is -0.543 e. The van der Waals surface area contributed by atoms with Crippen LogP contribution in [-0.2, 0) is 22.9 Å². The Morgan fingerprint density at radius 3 is 2.35 bits per heavy atom. The van der Waals surface area contributed by atoms with Gasteiger partial charge in [-0.05, 0) is 79.8 Å². The Kier molecular flexibility index (Phi) is 10.8. The lowest BCUT2D eigenvalue weighted by molar-refractivity contribution is -0.255. The first-order valence-electron chi connectivity index (χ1n) is 13.0. The van der Waals surface area contributed by atoms with E-state index >= 15 is 0 Å². The smallest absolute Gasteiger partial charge is 0.266 e. The normalized spacial score (nSPS) is 11.1. The van der Waals surface area contributed by atoms with Gasteiger partial charge in [0.05, 0.1) is 28.7 Å². The number of rotatable bonds is 14. The van der Waals surface area contributed by atoms with Gasteiger partial charge in [-0.15, -0.1) is 0 Å². The van der Waals surface area contributed by atoms with Gasteiger partial charge in [-0.1, -0.05) is 31.9 Å². The quantitative estimate of drug-likeness (QED) is 0.282. The number of unbranched alkanes of at least 4 members (excludes halogenated alkanes) is 2. The lowest BCUT2D eigenvalue weighted by Gasteiger charge is -2.12. The number of benzene rings is 2. The molecule has 0 saturated heterocycles. The number of aryl methyl sites for hydroxylation is 1. The molecule has 3 aromatic rings. The first kappa shape index (κ1) is 30.3. The highest BCUT2D eigenvalue weighted by Gasteiger charge is 2.20. The molecule has 0 bridgehead atoms. The fraction of sp³-hybridized carbons (Fsp3) is 0.310. The number of carbonyl (C=O) groups is 3. The Hall–Kier alpha value is -4.25. The molecular formula is C29H32N3O7S-. The van der Waals surface area contributed by atoms with Crippen molar-refractivity contribution in [2.45, 2.75) is 50.8 Å². The van der Waals surface area contributed by atoms with Gasteiger partial charge in [-0.3, -0.25) is 14.6 Å². The number of pyridine rings is 1. The molecule has 0 saturated carbocycles. The maximum Gasteiger partial charge on any atom is 0.266 e. The van der Waals surface area contributed by atoms with Crippen LogP contribution in [0.25, 0.3) is 0 Å². The summed E-state index contributed by atoms with van der Waals surface area (Å²) in [6.45, 7) is 4.66. The number of carboxylic acids is 1. The van der Waals surface area contributed by atoms with Crippen LogP contribution in [0, 0.1) is 0 Å². The van der Waals surface area contributed by atoms with E-state index in [1.165, 1.54) is 18.2 Å². The van der Waals surface area contributed by atoms with Gasteiger partial charge in [0.15, 0.2) is 0 Å². The van der Waals surface area contributed by atoms with Gasteiger partial charge in [-0.2, -0.15) is 0 Å². The third-order valence-electron chi connectivity index (χ3n) is 6.03. The fourth-order valence-electron chi connectivity index (χ4n) is 3.97. The van der Waals surface area contributed by atoms with Crippen molar-refractivity contribution < 1.29 is 32.6 Å². The maximum absolute atomic E-state index is 12.9. The molecule has 40 heavy (non-hydrogen) atoms. The highest BCUT2D eigenvalue weighted by Crippen LogP contribution is 2.16. The summed E-state index contributed by atoms with van der Waals surface area (Å²) >= 11 is 0. The zero-order valence-corrected chi connectivity index (χ0v) is 23.3. The second-order valence-electron chi connectivity index (χ2n) is 9.02. The van der Waals surface area contributed by atoms with Crippen LogP contribution >= 0.6 is 0 Å². The molecule has 0 atom stereocenters. The second kappa shape index (κ2) is 14.2. The standard InChI is InChI=1S/C29H33N3O7S/c1-3-5-6-9-22-18-23(19-31-26(22)29(35)36)28(34)32-40(37,38)25-10-7-8-20(17-25)15-16-30-27(33)21-11-13-24(14-12-21)39-4-2/h7-8,10-14,17-19H,3-6,9,15-16H2,1-2H3,(H,30,33)(H,32,34)(H,35,36)/p-1. The summed E-state index contributed by atoms with van der Waals surface area (Å²) in [5.41, 5.74) is 1.08. The average molecular weight is 567 g/mol. The molecule has 0 aliphatic rings. The van der Waals surface area contributed by atoms with Crippen LogP contribution in [0.5, 0.6) is 5.75 Å². The molecule has 0 aliphatic heterocycles. The van der Waals surface area contributed by atoms with Crippen LogP contribution in [0.15, 0.2) is 65.7 Å². The second-order valence-corrected chi connectivity index (χ2v) is 10.7.